The van der Waals surface area contributed by atoms with Crippen LogP contribution in [0.15, 0.2) is 0 Å². The van der Waals surface area contributed by atoms with Gasteiger partial charge in [-0.15, -0.1) is 0 Å². The lowest BCUT2D eigenvalue weighted by Crippen LogP contribution is -2.64. The summed E-state index contributed by atoms with van der Waals surface area (Å²) in [6.45, 7) is -4.47. The molecule has 0 aromatic carbocycles. The Bertz CT molecular complexity index is 1750. The maximum Gasteiger partial charge on any atom is 0.187 e. The summed E-state index contributed by atoms with van der Waals surface area (Å²) in [5.41, 5.74) is 0. The van der Waals surface area contributed by atoms with E-state index in [-0.39, 0.29) is 19.4 Å². The lowest BCUT2D eigenvalue weighted by atomic mass is 9.82. The average Bonchev–Trinajstić information content (AvgIpc) is 4.05. The van der Waals surface area contributed by atoms with Gasteiger partial charge >= 0.3 is 0 Å². The van der Waals surface area contributed by atoms with Crippen molar-refractivity contribution in [3.8, 4) is 0 Å². The second-order valence-electron chi connectivity index (χ2n) is 20.0. The molecule has 7 aliphatic heterocycles. The topological polar surface area (TPSA) is 462 Å². The summed E-state index contributed by atoms with van der Waals surface area (Å²) in [6, 6.07) is 0. The lowest BCUT2D eigenvalue weighted by Gasteiger charge is -2.48. The van der Waals surface area contributed by atoms with E-state index < -0.39 is 242 Å². The van der Waals surface area contributed by atoms with E-state index in [1.165, 1.54) is 14.2 Å². The minimum Gasteiger partial charge on any atom is -0.396 e. The van der Waals surface area contributed by atoms with Gasteiger partial charge in [0.2, 0.25) is 0 Å². The van der Waals surface area contributed by atoms with Crippen molar-refractivity contribution in [3.05, 3.63) is 0 Å². The normalized spacial score (nSPS) is 52.7. The van der Waals surface area contributed by atoms with Crippen LogP contribution in [0, 0.1) is 17.8 Å². The Hall–Kier alpha value is -1.24. The molecule has 8 fully saturated rings. The highest BCUT2D eigenvalue weighted by molar-refractivity contribution is 4.99. The molecule has 0 aromatic heterocycles. The Kier molecular flexibility index (Phi) is 20.9. The van der Waals surface area contributed by atoms with E-state index in [1.54, 1.807) is 0 Å². The van der Waals surface area contributed by atoms with Crippen LogP contribution in [-0.4, -0.2) is 327 Å². The molecular weight excluding hydrogens is 1020 g/mol. The summed E-state index contributed by atoms with van der Waals surface area (Å²) in [5.74, 6) is -2.72. The van der Waals surface area contributed by atoms with Gasteiger partial charge in [-0.2, -0.15) is 0 Å². The molecule has 7 heterocycles. The standard InChI is InChI=1S/C44H74O31/c1-61-20-10-65-43(36(30(20)56)74-41-33(59)27(53)17(7-47)68-41)70-19-9-64-39(25(51)15(19)4-13-3-14(5-45)24(50)23(13)49)72-22-12-66-44(71-21-11-63-38(62-2)31(57)29(21)55)37(75-42-34(60)28(54)18(8-48)69-42)35(22)73-40-32(58)26(52)16(6-46)67-40/h13-60H,3-12H2,1-2H3/t13-,14+,15?,16-,17+,18+,19+,20+,21+,22+,23-,24-,25?,26-,27-,28?,29?,30-,31?,32+,33+,34?,35-,36?,37?,38+,39-,40-,41-,42-,43-,44-/m0/s1. The molecule has 0 radical (unpaired) electrons. The molecule has 16 N–H and O–H groups in total. The van der Waals surface area contributed by atoms with E-state index in [9.17, 15) is 81.7 Å². The molecule has 31 heteroatoms. The van der Waals surface area contributed by atoms with Crippen molar-refractivity contribution in [1.29, 1.82) is 0 Å². The van der Waals surface area contributed by atoms with Gasteiger partial charge in [0.1, 0.15) is 116 Å². The van der Waals surface area contributed by atoms with E-state index in [1.807, 2.05) is 0 Å². The first kappa shape index (κ1) is 59.9. The van der Waals surface area contributed by atoms with Gasteiger partial charge < -0.3 is 153 Å². The van der Waals surface area contributed by atoms with Crippen LogP contribution >= 0.6 is 0 Å². The third-order valence-electron chi connectivity index (χ3n) is 15.4. The molecule has 0 spiro atoms. The van der Waals surface area contributed by atoms with Gasteiger partial charge in [-0.05, 0) is 18.8 Å². The monoisotopic (exact) mass is 1100 g/mol. The molecule has 0 amide bonds. The van der Waals surface area contributed by atoms with Crippen molar-refractivity contribution < 1.29 is 153 Å². The zero-order valence-electron chi connectivity index (χ0n) is 40.8. The predicted molar refractivity (Wildman–Crippen MR) is 232 cm³/mol. The van der Waals surface area contributed by atoms with Crippen molar-refractivity contribution >= 4 is 0 Å². The third kappa shape index (κ3) is 12.5. The SMILES string of the molecule is CO[C@@H]1OC[C@@H](O[C@@H]2OC[C@@H](O[C@@H]3OC[C@@H](O[C@@H]4OC[C@@H](OC)[C@H](O)C4O[C@@H]4O[C@H](CO)[C@H](O)[C@H]4O)C(C[C@@H]4C[C@H](CO)[C@H](O)[C@H]4O)C3O)[C@H](O[C@@H]3O[C@@H](CO)[C@H](O)[C@H]3O)C2O[C@@H]2O[C@H](CO)C(O)C2O)C(O)C1O. The van der Waals surface area contributed by atoms with Crippen LogP contribution < -0.4 is 0 Å². The highest BCUT2D eigenvalue weighted by Crippen LogP contribution is 2.42. The number of rotatable bonds is 20. The summed E-state index contributed by atoms with van der Waals surface area (Å²) in [7, 11) is 2.52. The van der Waals surface area contributed by atoms with E-state index >= 15 is 0 Å². The van der Waals surface area contributed by atoms with Crippen LogP contribution in [0.1, 0.15) is 12.8 Å². The fourth-order valence-corrected chi connectivity index (χ4v) is 10.9. The maximum absolute atomic E-state index is 12.4. The second kappa shape index (κ2) is 26.1. The first-order chi connectivity index (χ1) is 35.9. The van der Waals surface area contributed by atoms with Crippen molar-refractivity contribution in [2.45, 2.75) is 191 Å². The molecule has 1 saturated carbocycles. The average molecular weight is 1100 g/mol. The number of methoxy groups -OCH3 is 2. The van der Waals surface area contributed by atoms with Crippen LogP contribution in [0.2, 0.25) is 0 Å². The zero-order chi connectivity index (χ0) is 54.2. The smallest absolute Gasteiger partial charge is 0.187 e. The highest BCUT2D eigenvalue weighted by Gasteiger charge is 2.57. The van der Waals surface area contributed by atoms with E-state index in [4.69, 9.17) is 71.1 Å². The molecule has 32 atom stereocenters. The molecular formula is C44H74O31. The molecule has 7 saturated heterocycles. The van der Waals surface area contributed by atoms with Gasteiger partial charge in [-0.25, -0.2) is 0 Å². The molecule has 0 aromatic rings. The minimum atomic E-state index is -1.85. The largest absolute Gasteiger partial charge is 0.396 e. The predicted octanol–water partition coefficient (Wildman–Crippen LogP) is -10.5. The zero-order valence-corrected chi connectivity index (χ0v) is 40.8. The molecule has 31 nitrogen and oxygen atoms in total. The summed E-state index contributed by atoms with van der Waals surface area (Å²) in [6.07, 6.45) is -45.6. The van der Waals surface area contributed by atoms with E-state index in [0.717, 1.165) is 0 Å². The fraction of sp³-hybridized carbons (Fsp3) is 1.00. The van der Waals surface area contributed by atoms with Crippen LogP contribution in [0.4, 0.5) is 0 Å². The molecule has 8 unspecified atom stereocenters. The van der Waals surface area contributed by atoms with Crippen molar-refractivity contribution in [1.82, 2.24) is 0 Å². The Morgan fingerprint density at radius 2 is 0.760 bits per heavy atom. The Labute approximate surface area is 428 Å². The number of ether oxygens (including phenoxy) is 15. The summed E-state index contributed by atoms with van der Waals surface area (Å²) >= 11 is 0. The Morgan fingerprint density at radius 3 is 1.27 bits per heavy atom. The van der Waals surface area contributed by atoms with Crippen LogP contribution in [0.25, 0.3) is 0 Å². The maximum atomic E-state index is 12.4. The van der Waals surface area contributed by atoms with Gasteiger partial charge in [0.15, 0.2) is 44.0 Å². The van der Waals surface area contributed by atoms with Crippen molar-refractivity contribution in [2.75, 3.05) is 67.1 Å². The summed E-state index contributed by atoms with van der Waals surface area (Å²) < 4.78 is 88.4. The third-order valence-corrected chi connectivity index (χ3v) is 15.4. The van der Waals surface area contributed by atoms with E-state index in [2.05, 4.69) is 0 Å². The van der Waals surface area contributed by atoms with Crippen LogP contribution in [0.3, 0.4) is 0 Å². The number of hydrogen-bond acceptors (Lipinski definition) is 31. The molecule has 8 rings (SSSR count). The van der Waals surface area contributed by atoms with Gasteiger partial charge in [0, 0.05) is 32.7 Å². The minimum absolute atomic E-state index is 0.0777. The lowest BCUT2D eigenvalue weighted by molar-refractivity contribution is -0.383. The van der Waals surface area contributed by atoms with Crippen molar-refractivity contribution in [2.24, 2.45) is 17.8 Å². The van der Waals surface area contributed by atoms with Crippen molar-refractivity contribution in [3.63, 3.8) is 0 Å². The Morgan fingerprint density at radius 1 is 0.333 bits per heavy atom. The highest BCUT2D eigenvalue weighted by atomic mass is 16.8. The Balaban J connectivity index is 1.09. The summed E-state index contributed by atoms with van der Waals surface area (Å²) in [5, 5.41) is 172. The van der Waals surface area contributed by atoms with Gasteiger partial charge in [0.05, 0.1) is 64.6 Å². The van der Waals surface area contributed by atoms with Gasteiger partial charge in [0.25, 0.3) is 0 Å². The van der Waals surface area contributed by atoms with Gasteiger partial charge in [-0.1, -0.05) is 0 Å². The van der Waals surface area contributed by atoms with Gasteiger partial charge in [-0.3, -0.25) is 0 Å². The quantitative estimate of drug-likeness (QED) is 0.0538. The number of hydrogen-bond donors (Lipinski definition) is 16. The first-order valence-electron chi connectivity index (χ1n) is 24.9. The molecule has 8 aliphatic rings. The summed E-state index contributed by atoms with van der Waals surface area (Å²) in [4.78, 5) is 0. The molecule has 75 heavy (non-hydrogen) atoms. The van der Waals surface area contributed by atoms with E-state index in [0.29, 0.717) is 0 Å². The second-order valence-corrected chi connectivity index (χ2v) is 20.0. The molecule has 1 aliphatic carbocycles. The first-order valence-corrected chi connectivity index (χ1v) is 24.9. The van der Waals surface area contributed by atoms with Crippen LogP contribution in [0.5, 0.6) is 0 Å². The van der Waals surface area contributed by atoms with Crippen LogP contribution in [-0.2, 0) is 71.1 Å². The molecule has 0 bridgehead atoms. The number of aliphatic hydroxyl groups excluding tert-OH is 16. The molecule has 436 valence electrons. The number of aliphatic hydroxyl groups is 16. The fourth-order valence-electron chi connectivity index (χ4n) is 10.9.